The van der Waals surface area contributed by atoms with Gasteiger partial charge in [-0.15, -0.1) is 0 Å². The van der Waals surface area contributed by atoms with Crippen molar-refractivity contribution in [3.8, 4) is 5.75 Å². The van der Waals surface area contributed by atoms with E-state index in [0.717, 1.165) is 16.0 Å². The van der Waals surface area contributed by atoms with Gasteiger partial charge in [-0.05, 0) is 0 Å². The molecule has 0 radical (unpaired) electrons. The summed E-state index contributed by atoms with van der Waals surface area (Å²) >= 11 is 1.11. The van der Waals surface area contributed by atoms with Crippen molar-refractivity contribution < 1.29 is 30.7 Å². The summed E-state index contributed by atoms with van der Waals surface area (Å²) in [7, 11) is 1.63. The summed E-state index contributed by atoms with van der Waals surface area (Å²) in [5.74, 6) is 0.509. The molecule has 0 aliphatic heterocycles. The first-order valence-corrected chi connectivity index (χ1v) is 11.5. The van der Waals surface area contributed by atoms with Crippen LogP contribution in [-0.4, -0.2) is 23.0 Å². The van der Waals surface area contributed by atoms with Gasteiger partial charge in [0.05, 0.1) is 7.11 Å². The zero-order chi connectivity index (χ0) is 19.5. The van der Waals surface area contributed by atoms with E-state index in [-0.39, 0.29) is 27.1 Å². The molecule has 2 aromatic heterocycles. The number of nitrogens with one attached hydrogen (secondary N) is 1. The van der Waals surface area contributed by atoms with E-state index in [1.807, 2.05) is 24.3 Å². The minimum atomic E-state index is -0.301. The quantitative estimate of drug-likeness (QED) is 0.419. The van der Waals surface area contributed by atoms with Crippen LogP contribution in [0.4, 0.5) is 5.13 Å². The Morgan fingerprint density at radius 1 is 1.07 bits per heavy atom. The number of anilines is 1. The Bertz CT molecular complexity index is 1120. The number of hydrogen-bond acceptors (Lipinski definition) is 5. The fourth-order valence-electron chi connectivity index (χ4n) is 2.53. The van der Waals surface area contributed by atoms with E-state index in [1.165, 1.54) is 24.0 Å². The van der Waals surface area contributed by atoms with Gasteiger partial charge in [-0.2, -0.15) is 0 Å². The molecule has 0 atom stereocenters. The third kappa shape index (κ3) is 4.31. The van der Waals surface area contributed by atoms with Crippen molar-refractivity contribution in [2.75, 3.05) is 12.4 Å². The molecular formula is C21H17IN3O2S-. The molecule has 0 aliphatic carbocycles. The maximum absolute atomic E-state index is 12.5. The Morgan fingerprint density at radius 3 is 2.57 bits per heavy atom. The number of halogens is 1. The molecule has 2 aromatic carbocycles. The number of benzene rings is 2. The Hall–Kier alpha value is -2.52. The average Bonchev–Trinajstić information content (AvgIpc) is 3.11. The summed E-state index contributed by atoms with van der Waals surface area (Å²) in [6.07, 6.45) is 1.80. The number of rotatable bonds is 5. The summed E-state index contributed by atoms with van der Waals surface area (Å²) in [5.41, 5.74) is 2.46. The Morgan fingerprint density at radius 2 is 1.86 bits per heavy atom. The van der Waals surface area contributed by atoms with Crippen LogP contribution in [0.2, 0.25) is 0 Å². The number of hydrogen-bond donors (Lipinski definition) is 1. The van der Waals surface area contributed by atoms with Gasteiger partial charge in [-0.3, -0.25) is 0 Å². The first-order valence-electron chi connectivity index (χ1n) is 8.54. The molecule has 0 saturated carbocycles. The van der Waals surface area contributed by atoms with E-state index in [0.29, 0.717) is 10.8 Å². The topological polar surface area (TPSA) is 64.1 Å². The molecular weight excluding hydrogens is 485 g/mol. The van der Waals surface area contributed by atoms with Gasteiger partial charge in [0.2, 0.25) is 0 Å². The molecule has 4 aromatic rings. The summed E-state index contributed by atoms with van der Waals surface area (Å²) in [6.45, 7) is 2.08. The molecule has 1 amide bonds. The van der Waals surface area contributed by atoms with Gasteiger partial charge >= 0.3 is 170 Å². The summed E-state index contributed by atoms with van der Waals surface area (Å²) < 4.78 is 8.68. The molecule has 1 N–H and O–H groups in total. The number of ether oxygens (including phenoxy) is 1. The van der Waals surface area contributed by atoms with Crippen LogP contribution in [0.25, 0.3) is 10.2 Å². The van der Waals surface area contributed by atoms with Crippen LogP contribution in [0.1, 0.15) is 16.1 Å². The average molecular weight is 502 g/mol. The van der Waals surface area contributed by atoms with Gasteiger partial charge in [0.15, 0.2) is 0 Å². The predicted molar refractivity (Wildman–Crippen MR) is 107 cm³/mol. The fourth-order valence-corrected chi connectivity index (χ4v) is 5.50. The Balaban J connectivity index is 1.45. The number of thiazole rings is 1. The van der Waals surface area contributed by atoms with Crippen LogP contribution in [-0.2, 0) is 0 Å². The number of carbonyl (C=O) groups is 1. The first kappa shape index (κ1) is 18.8. The van der Waals surface area contributed by atoms with Crippen LogP contribution in [0.3, 0.4) is 0 Å². The van der Waals surface area contributed by atoms with Crippen molar-refractivity contribution in [2.24, 2.45) is 0 Å². The van der Waals surface area contributed by atoms with Crippen LogP contribution in [0, 0.1) is 14.1 Å². The normalized spacial score (nSPS) is 10.9. The summed E-state index contributed by atoms with van der Waals surface area (Å²) in [4.78, 5) is 21.3. The second-order valence-corrected chi connectivity index (χ2v) is 10.1. The van der Waals surface area contributed by atoms with Crippen molar-refractivity contribution in [1.82, 2.24) is 9.97 Å². The molecule has 0 aliphatic rings. The monoisotopic (exact) mass is 502 g/mol. The number of carbonyl (C=O) groups excluding carboxylic acids is 1. The molecule has 4 rings (SSSR count). The molecule has 0 saturated heterocycles. The molecule has 7 heteroatoms. The number of fused-ring (bicyclic) bond motifs is 1. The third-order valence-corrected chi connectivity index (χ3v) is 7.54. The molecule has 0 spiro atoms. The zero-order valence-electron chi connectivity index (χ0n) is 15.3. The van der Waals surface area contributed by atoms with Crippen LogP contribution < -0.4 is 31.3 Å². The van der Waals surface area contributed by atoms with Gasteiger partial charge in [-0.1, -0.05) is 0 Å². The number of amides is 1. The van der Waals surface area contributed by atoms with Crippen molar-refractivity contribution >= 4 is 32.6 Å². The van der Waals surface area contributed by atoms with Crippen LogP contribution in [0.5, 0.6) is 5.75 Å². The molecule has 142 valence electrons. The summed E-state index contributed by atoms with van der Waals surface area (Å²) in [5, 5.41) is 3.38. The van der Waals surface area contributed by atoms with Gasteiger partial charge in [0.1, 0.15) is 0 Å². The van der Waals surface area contributed by atoms with E-state index in [9.17, 15) is 4.79 Å². The number of pyridine rings is 1. The first-order chi connectivity index (χ1) is 13.6. The second kappa shape index (κ2) is 8.24. The van der Waals surface area contributed by atoms with E-state index >= 15 is 0 Å². The van der Waals surface area contributed by atoms with Crippen LogP contribution >= 0.6 is 11.3 Å². The predicted octanol–water partition coefficient (Wildman–Crippen LogP) is 1.39. The molecule has 0 bridgehead atoms. The molecule has 28 heavy (non-hydrogen) atoms. The third-order valence-electron chi connectivity index (χ3n) is 4.01. The fraction of sp³-hybridized carbons (Fsp3) is 0.0952. The molecule has 2 heterocycles. The van der Waals surface area contributed by atoms with Gasteiger partial charge in [0.25, 0.3) is 0 Å². The molecule has 0 fully saturated rings. The van der Waals surface area contributed by atoms with E-state index in [2.05, 4.69) is 46.5 Å². The number of aromatic nitrogens is 2. The Kier molecular flexibility index (Phi) is 5.54. The van der Waals surface area contributed by atoms with E-state index in [1.54, 1.807) is 19.4 Å². The number of aryl methyl sites for hydroxylation is 1. The summed E-state index contributed by atoms with van der Waals surface area (Å²) in [6, 6.07) is 18.0. The van der Waals surface area contributed by atoms with Gasteiger partial charge in [0, 0.05) is 0 Å². The SMILES string of the molecule is COc1ccc2nc(NC(=O)c3ccc([I-]c4ccc(C)cc4)cn3)sc2c1. The van der Waals surface area contributed by atoms with Crippen molar-refractivity contribution in [3.63, 3.8) is 0 Å². The number of methoxy groups -OCH3 is 1. The van der Waals surface area contributed by atoms with Gasteiger partial charge < -0.3 is 0 Å². The zero-order valence-corrected chi connectivity index (χ0v) is 18.2. The minimum absolute atomic E-state index is 0.258. The van der Waals surface area contributed by atoms with Gasteiger partial charge in [-0.25, -0.2) is 0 Å². The Labute approximate surface area is 177 Å². The van der Waals surface area contributed by atoms with Crippen molar-refractivity contribution in [1.29, 1.82) is 0 Å². The molecule has 5 nitrogen and oxygen atoms in total. The number of nitrogens with zero attached hydrogens (tertiary/aromatic N) is 2. The van der Waals surface area contributed by atoms with Crippen molar-refractivity contribution in [2.45, 2.75) is 6.92 Å². The van der Waals surface area contributed by atoms with Crippen LogP contribution in [0.15, 0.2) is 60.8 Å². The van der Waals surface area contributed by atoms with E-state index < -0.39 is 0 Å². The maximum atomic E-state index is 12.5. The standard InChI is InChI=1S/C21H17IN3O2S/c1-13-3-5-14(6-4-13)22-15-7-9-18(23-12-15)20(26)25-21-24-17-10-8-16(27-2)11-19(17)28-21/h3-12H,1-2H3,(H,24,25,26)/q-1. The van der Waals surface area contributed by atoms with E-state index in [4.69, 9.17) is 4.74 Å². The molecule has 0 unspecified atom stereocenters. The second-order valence-electron chi connectivity index (χ2n) is 6.06. The van der Waals surface area contributed by atoms with Crippen molar-refractivity contribution in [3.05, 3.63) is 79.2 Å².